The summed E-state index contributed by atoms with van der Waals surface area (Å²) in [6.07, 6.45) is 5.60. The van der Waals surface area contributed by atoms with Crippen LogP contribution in [0.3, 0.4) is 0 Å². The minimum Gasteiger partial charge on any atom is -0.476 e. The highest BCUT2D eigenvalue weighted by molar-refractivity contribution is 9.10. The molecule has 0 bridgehead atoms. The molecule has 0 aliphatic rings. The second-order valence-electron chi connectivity index (χ2n) is 9.67. The van der Waals surface area contributed by atoms with Gasteiger partial charge in [0.2, 0.25) is 5.75 Å². The Hall–Kier alpha value is -2.71. The molecule has 182 valence electrons. The second kappa shape index (κ2) is 11.6. The Kier molecular flexibility index (Phi) is 9.41. The third-order valence-electron chi connectivity index (χ3n) is 4.85. The van der Waals surface area contributed by atoms with Crippen LogP contribution in [0.2, 0.25) is 5.02 Å². The average molecular weight is 551 g/mol. The van der Waals surface area contributed by atoms with Crippen molar-refractivity contribution in [3.63, 3.8) is 0 Å². The standard InChI is InChI=1S/C25H29BrClN3O4/c1-24(2,3)16-25(4,5)18-13-19(26)23(21(14-18)30(32)33)34-15-22(31)29-28-12-8-10-17-9-6-7-11-20(17)27/h6-14H,15-16H2,1-5H3,(H,29,31). The Morgan fingerprint density at radius 3 is 2.53 bits per heavy atom. The molecular weight excluding hydrogens is 522 g/mol. The summed E-state index contributed by atoms with van der Waals surface area (Å²) >= 11 is 9.44. The fourth-order valence-corrected chi connectivity index (χ4v) is 4.52. The van der Waals surface area contributed by atoms with E-state index in [0.29, 0.717) is 9.50 Å². The first-order valence-electron chi connectivity index (χ1n) is 10.6. The van der Waals surface area contributed by atoms with Crippen molar-refractivity contribution in [3.8, 4) is 5.75 Å². The summed E-state index contributed by atoms with van der Waals surface area (Å²) in [5.41, 5.74) is 3.49. The lowest BCUT2D eigenvalue weighted by Gasteiger charge is -2.33. The van der Waals surface area contributed by atoms with Gasteiger partial charge in [-0.1, -0.05) is 70.5 Å². The third-order valence-corrected chi connectivity index (χ3v) is 5.79. The van der Waals surface area contributed by atoms with Crippen molar-refractivity contribution in [3.05, 3.63) is 73.2 Å². The lowest BCUT2D eigenvalue weighted by Crippen LogP contribution is -2.26. The molecule has 0 aromatic heterocycles. The maximum Gasteiger partial charge on any atom is 0.312 e. The molecule has 0 atom stereocenters. The number of rotatable bonds is 9. The van der Waals surface area contributed by atoms with Gasteiger partial charge < -0.3 is 4.74 Å². The number of nitrogens with zero attached hydrogens (tertiary/aromatic N) is 2. The molecule has 0 radical (unpaired) electrons. The van der Waals surface area contributed by atoms with E-state index < -0.39 is 17.4 Å². The number of hydrogen-bond acceptors (Lipinski definition) is 5. The molecule has 0 spiro atoms. The van der Waals surface area contributed by atoms with Crippen LogP contribution in [0.1, 0.15) is 52.2 Å². The van der Waals surface area contributed by atoms with Gasteiger partial charge in [-0.15, -0.1) is 0 Å². The summed E-state index contributed by atoms with van der Waals surface area (Å²) in [7, 11) is 0. The third kappa shape index (κ3) is 8.25. The number of carbonyl (C=O) groups is 1. The SMILES string of the molecule is CC(C)(C)CC(C)(C)c1cc(Br)c(OCC(=O)NN=CC=Cc2ccccc2Cl)c([N+](=O)[O-])c1. The van der Waals surface area contributed by atoms with Crippen LogP contribution < -0.4 is 10.2 Å². The van der Waals surface area contributed by atoms with E-state index >= 15 is 0 Å². The van der Waals surface area contributed by atoms with Gasteiger partial charge in [0.05, 0.1) is 9.40 Å². The van der Waals surface area contributed by atoms with Gasteiger partial charge >= 0.3 is 5.69 Å². The number of ether oxygens (including phenoxy) is 1. The average Bonchev–Trinajstić information content (AvgIpc) is 2.71. The number of allylic oxidation sites excluding steroid dienone is 1. The van der Waals surface area contributed by atoms with Gasteiger partial charge in [-0.05, 0) is 62.5 Å². The molecule has 1 amide bonds. The molecule has 0 aliphatic heterocycles. The van der Waals surface area contributed by atoms with Crippen LogP contribution in [0.4, 0.5) is 5.69 Å². The van der Waals surface area contributed by atoms with E-state index in [2.05, 4.69) is 61.1 Å². The van der Waals surface area contributed by atoms with Gasteiger partial charge in [0.15, 0.2) is 6.61 Å². The lowest BCUT2D eigenvalue weighted by molar-refractivity contribution is -0.386. The number of nitro groups is 1. The molecule has 9 heteroatoms. The summed E-state index contributed by atoms with van der Waals surface area (Å²) in [6.45, 7) is 10.1. The van der Waals surface area contributed by atoms with Crippen LogP contribution in [0, 0.1) is 15.5 Å². The quantitative estimate of drug-likeness (QED) is 0.208. The summed E-state index contributed by atoms with van der Waals surface area (Å²) in [5.74, 6) is -0.557. The molecule has 2 aromatic carbocycles. The van der Waals surface area contributed by atoms with Crippen molar-refractivity contribution >= 4 is 51.4 Å². The van der Waals surface area contributed by atoms with Gasteiger partial charge in [0, 0.05) is 17.3 Å². The van der Waals surface area contributed by atoms with Crippen molar-refractivity contribution in [2.24, 2.45) is 10.5 Å². The first kappa shape index (κ1) is 27.5. The molecule has 7 nitrogen and oxygen atoms in total. The fraction of sp³-hybridized carbons (Fsp3) is 0.360. The molecule has 0 aliphatic carbocycles. The number of hydrazone groups is 1. The number of amides is 1. The van der Waals surface area contributed by atoms with Crippen LogP contribution in [0.25, 0.3) is 6.08 Å². The maximum atomic E-state index is 12.1. The number of benzene rings is 2. The molecule has 1 N–H and O–H groups in total. The number of carbonyl (C=O) groups excluding carboxylic acids is 1. The summed E-state index contributed by atoms with van der Waals surface area (Å²) in [4.78, 5) is 23.3. The summed E-state index contributed by atoms with van der Waals surface area (Å²) in [5, 5.41) is 16.1. The largest absolute Gasteiger partial charge is 0.476 e. The predicted molar refractivity (Wildman–Crippen MR) is 141 cm³/mol. The Morgan fingerprint density at radius 1 is 1.24 bits per heavy atom. The van der Waals surface area contributed by atoms with Crippen molar-refractivity contribution in [2.75, 3.05) is 6.61 Å². The summed E-state index contributed by atoms with van der Waals surface area (Å²) in [6, 6.07) is 10.6. The molecule has 2 aromatic rings. The van der Waals surface area contributed by atoms with Crippen LogP contribution >= 0.6 is 27.5 Å². The molecule has 2 rings (SSSR count). The van der Waals surface area contributed by atoms with Gasteiger partial charge in [0.1, 0.15) is 0 Å². The van der Waals surface area contributed by atoms with Crippen LogP contribution in [-0.2, 0) is 10.2 Å². The molecular formula is C25H29BrClN3O4. The Bertz CT molecular complexity index is 1110. The molecule has 0 saturated heterocycles. The molecule has 0 unspecified atom stereocenters. The second-order valence-corrected chi connectivity index (χ2v) is 10.9. The van der Waals surface area contributed by atoms with E-state index in [1.807, 2.05) is 24.3 Å². The first-order valence-corrected chi connectivity index (χ1v) is 11.8. The number of halogens is 2. The highest BCUT2D eigenvalue weighted by Crippen LogP contribution is 2.43. The molecule has 34 heavy (non-hydrogen) atoms. The van der Waals surface area contributed by atoms with Gasteiger partial charge in [0.25, 0.3) is 5.91 Å². The van der Waals surface area contributed by atoms with Crippen LogP contribution in [0.5, 0.6) is 5.75 Å². The first-order chi connectivity index (χ1) is 15.8. The normalized spacial score (nSPS) is 12.3. The van der Waals surface area contributed by atoms with E-state index in [9.17, 15) is 14.9 Å². The number of nitro benzene ring substituents is 1. The smallest absolute Gasteiger partial charge is 0.312 e. The summed E-state index contributed by atoms with van der Waals surface area (Å²) < 4.78 is 5.91. The Labute approximate surface area is 213 Å². The minimum atomic E-state index is -0.555. The Balaban J connectivity index is 2.06. The number of hydrogen-bond donors (Lipinski definition) is 1. The molecule has 0 heterocycles. The predicted octanol–water partition coefficient (Wildman–Crippen LogP) is 6.92. The monoisotopic (exact) mass is 549 g/mol. The zero-order chi connectivity index (χ0) is 25.5. The highest BCUT2D eigenvalue weighted by atomic mass is 79.9. The minimum absolute atomic E-state index is 0.00180. The van der Waals surface area contributed by atoms with E-state index in [4.69, 9.17) is 16.3 Å². The van der Waals surface area contributed by atoms with E-state index in [-0.39, 0.29) is 22.3 Å². The van der Waals surface area contributed by atoms with Crippen molar-refractivity contribution in [1.29, 1.82) is 0 Å². The van der Waals surface area contributed by atoms with E-state index in [0.717, 1.165) is 17.5 Å². The zero-order valence-corrected chi connectivity index (χ0v) is 22.2. The highest BCUT2D eigenvalue weighted by Gasteiger charge is 2.31. The van der Waals surface area contributed by atoms with Crippen LogP contribution in [0.15, 0.2) is 52.0 Å². The van der Waals surface area contributed by atoms with Gasteiger partial charge in [-0.2, -0.15) is 5.10 Å². The van der Waals surface area contributed by atoms with Crippen LogP contribution in [-0.4, -0.2) is 23.7 Å². The Morgan fingerprint density at radius 2 is 1.91 bits per heavy atom. The van der Waals surface area contributed by atoms with E-state index in [1.165, 1.54) is 12.3 Å². The molecule has 0 saturated carbocycles. The number of nitrogens with one attached hydrogen (secondary N) is 1. The van der Waals surface area contributed by atoms with Gasteiger partial charge in [-0.25, -0.2) is 5.43 Å². The lowest BCUT2D eigenvalue weighted by atomic mass is 9.72. The van der Waals surface area contributed by atoms with E-state index in [1.54, 1.807) is 18.2 Å². The zero-order valence-electron chi connectivity index (χ0n) is 19.9. The molecule has 0 fully saturated rings. The van der Waals surface area contributed by atoms with Gasteiger partial charge in [-0.3, -0.25) is 14.9 Å². The fourth-order valence-electron chi connectivity index (χ4n) is 3.76. The van der Waals surface area contributed by atoms with Crippen molar-refractivity contribution in [1.82, 2.24) is 5.43 Å². The topological polar surface area (TPSA) is 93.8 Å². The maximum absolute atomic E-state index is 12.1. The van der Waals surface area contributed by atoms with Crippen molar-refractivity contribution in [2.45, 2.75) is 46.5 Å². The van der Waals surface area contributed by atoms with Crippen molar-refractivity contribution < 1.29 is 14.5 Å².